The summed E-state index contributed by atoms with van der Waals surface area (Å²) in [7, 11) is 0. The highest BCUT2D eigenvalue weighted by molar-refractivity contribution is 9.10. The van der Waals surface area contributed by atoms with Gasteiger partial charge in [0.05, 0.1) is 0 Å². The van der Waals surface area contributed by atoms with E-state index < -0.39 is 6.09 Å². The summed E-state index contributed by atoms with van der Waals surface area (Å²) in [5.41, 5.74) is 1.65. The number of pyridine rings is 1. The number of aromatic nitrogens is 3. The van der Waals surface area contributed by atoms with Gasteiger partial charge in [0.1, 0.15) is 0 Å². The van der Waals surface area contributed by atoms with Crippen LogP contribution in [0.4, 0.5) is 4.79 Å². The fraction of sp³-hybridized carbons (Fsp3) is 0.300. The Morgan fingerprint density at radius 2 is 2.41 bits per heavy atom. The normalized spacial score (nSPS) is 10.6. The molecule has 0 atom stereocenters. The largest absolute Gasteiger partial charge is 0.465 e. The first-order chi connectivity index (χ1) is 8.16. The Kier molecular flexibility index (Phi) is 3.58. The number of carbonyl (C=O) groups is 1. The van der Waals surface area contributed by atoms with Gasteiger partial charge in [0.15, 0.2) is 5.65 Å². The van der Waals surface area contributed by atoms with Crippen molar-refractivity contribution in [2.24, 2.45) is 0 Å². The third kappa shape index (κ3) is 2.94. The number of halogens is 1. The topological polar surface area (TPSA) is 90.9 Å². The van der Waals surface area contributed by atoms with Crippen molar-refractivity contribution in [1.29, 1.82) is 0 Å². The molecule has 0 saturated heterocycles. The van der Waals surface area contributed by atoms with Crippen molar-refractivity contribution in [3.05, 3.63) is 22.4 Å². The zero-order valence-electron chi connectivity index (χ0n) is 8.90. The molecule has 1 amide bonds. The Morgan fingerprint density at radius 3 is 3.18 bits per heavy atom. The van der Waals surface area contributed by atoms with Gasteiger partial charge in [-0.05, 0) is 34.8 Å². The van der Waals surface area contributed by atoms with Crippen molar-refractivity contribution in [2.45, 2.75) is 12.8 Å². The minimum atomic E-state index is -0.996. The molecule has 0 unspecified atom stereocenters. The summed E-state index contributed by atoms with van der Waals surface area (Å²) in [6.45, 7) is 0.428. The zero-order valence-corrected chi connectivity index (χ0v) is 10.5. The van der Waals surface area contributed by atoms with E-state index in [-0.39, 0.29) is 0 Å². The second-order valence-corrected chi connectivity index (χ2v) is 4.48. The molecule has 0 aliphatic carbocycles. The summed E-state index contributed by atoms with van der Waals surface area (Å²) < 4.78 is 0.899. The first-order valence-electron chi connectivity index (χ1n) is 5.12. The van der Waals surface area contributed by atoms with Crippen molar-refractivity contribution in [1.82, 2.24) is 20.5 Å². The molecule has 0 bridgehead atoms. The van der Waals surface area contributed by atoms with Crippen LogP contribution >= 0.6 is 15.9 Å². The summed E-state index contributed by atoms with van der Waals surface area (Å²) in [6, 6.07) is 1.95. The summed E-state index contributed by atoms with van der Waals surface area (Å²) >= 11 is 3.36. The van der Waals surface area contributed by atoms with Gasteiger partial charge in [0.2, 0.25) is 0 Å². The second-order valence-electron chi connectivity index (χ2n) is 3.56. The molecular weight excluding hydrogens is 288 g/mol. The lowest BCUT2D eigenvalue weighted by molar-refractivity contribution is 0.194. The predicted octanol–water partition coefficient (Wildman–Crippen LogP) is 1.92. The fourth-order valence-corrected chi connectivity index (χ4v) is 1.91. The molecule has 0 aliphatic heterocycles. The summed E-state index contributed by atoms with van der Waals surface area (Å²) in [6.07, 6.45) is 2.15. The number of nitrogens with zero attached hydrogens (tertiary/aromatic N) is 2. The lowest BCUT2D eigenvalue weighted by Crippen LogP contribution is -2.22. The first kappa shape index (κ1) is 11.8. The van der Waals surface area contributed by atoms with Crippen molar-refractivity contribution in [2.75, 3.05) is 6.54 Å². The number of H-pyrrole nitrogens is 1. The fourth-order valence-electron chi connectivity index (χ4n) is 1.57. The molecule has 2 aromatic rings. The molecule has 2 aromatic heterocycles. The van der Waals surface area contributed by atoms with E-state index in [1.54, 1.807) is 6.20 Å². The maximum Gasteiger partial charge on any atom is 0.404 e. The molecule has 0 radical (unpaired) electrons. The number of carboxylic acid groups (broad SMARTS) is 1. The molecule has 0 spiro atoms. The van der Waals surface area contributed by atoms with Crippen molar-refractivity contribution in [3.63, 3.8) is 0 Å². The van der Waals surface area contributed by atoms with E-state index in [9.17, 15) is 4.79 Å². The number of amides is 1. The number of fused-ring (bicyclic) bond motifs is 1. The molecule has 0 saturated carbocycles. The third-order valence-corrected chi connectivity index (χ3v) is 2.77. The molecular formula is C10H11BrN4O2. The zero-order chi connectivity index (χ0) is 12.3. The summed E-state index contributed by atoms with van der Waals surface area (Å²) in [5.74, 6) is 0. The number of hydrogen-bond acceptors (Lipinski definition) is 3. The predicted molar refractivity (Wildman–Crippen MR) is 65.9 cm³/mol. The third-order valence-electron chi connectivity index (χ3n) is 2.33. The SMILES string of the molecule is O=C(O)NCCCc1[nH]nc2ncc(Br)cc12. The average Bonchev–Trinajstić information content (AvgIpc) is 2.67. The van der Waals surface area contributed by atoms with E-state index in [1.807, 2.05) is 6.07 Å². The smallest absolute Gasteiger partial charge is 0.404 e. The van der Waals surface area contributed by atoms with E-state index >= 15 is 0 Å². The molecule has 6 nitrogen and oxygen atoms in total. The van der Waals surface area contributed by atoms with Gasteiger partial charge in [-0.1, -0.05) is 0 Å². The molecule has 2 rings (SSSR count). The van der Waals surface area contributed by atoms with E-state index in [0.717, 1.165) is 28.4 Å². The van der Waals surface area contributed by atoms with Crippen molar-refractivity contribution in [3.8, 4) is 0 Å². The lowest BCUT2D eigenvalue weighted by Gasteiger charge is -2.00. The van der Waals surface area contributed by atoms with Crippen molar-refractivity contribution < 1.29 is 9.90 Å². The standard InChI is InChI=1S/C10H11BrN4O2/c11-6-4-7-8(2-1-3-12-10(16)17)14-15-9(7)13-5-6/h4-5,12H,1-3H2,(H,16,17)(H,13,14,15). The van der Waals surface area contributed by atoms with Gasteiger partial charge in [-0.2, -0.15) is 5.10 Å². The average molecular weight is 299 g/mol. The van der Waals surface area contributed by atoms with Gasteiger partial charge in [-0.3, -0.25) is 5.10 Å². The highest BCUT2D eigenvalue weighted by atomic mass is 79.9. The maximum atomic E-state index is 10.3. The molecule has 0 fully saturated rings. The van der Waals surface area contributed by atoms with Crippen LogP contribution in [0.5, 0.6) is 0 Å². The van der Waals surface area contributed by atoms with E-state index in [2.05, 4.69) is 36.4 Å². The maximum absolute atomic E-state index is 10.3. The first-order valence-corrected chi connectivity index (χ1v) is 5.91. The van der Waals surface area contributed by atoms with Crippen LogP contribution in [0.1, 0.15) is 12.1 Å². The molecule has 17 heavy (non-hydrogen) atoms. The Balaban J connectivity index is 2.03. The number of aryl methyl sites for hydroxylation is 1. The molecule has 0 aliphatic rings. The molecule has 7 heteroatoms. The second kappa shape index (κ2) is 5.13. The van der Waals surface area contributed by atoms with Crippen LogP contribution in [-0.2, 0) is 6.42 Å². The Labute approximate surface area is 106 Å². The van der Waals surface area contributed by atoms with Gasteiger partial charge < -0.3 is 10.4 Å². The van der Waals surface area contributed by atoms with Crippen molar-refractivity contribution >= 4 is 33.1 Å². The van der Waals surface area contributed by atoms with E-state index in [1.165, 1.54) is 0 Å². The monoisotopic (exact) mass is 298 g/mol. The Morgan fingerprint density at radius 1 is 1.59 bits per heavy atom. The molecule has 3 N–H and O–H groups in total. The van der Waals surface area contributed by atoms with Gasteiger partial charge >= 0.3 is 6.09 Å². The number of rotatable bonds is 4. The quantitative estimate of drug-likeness (QED) is 0.752. The van der Waals surface area contributed by atoms with Gasteiger partial charge in [-0.25, -0.2) is 9.78 Å². The van der Waals surface area contributed by atoms with Crippen LogP contribution in [-0.4, -0.2) is 32.9 Å². The van der Waals surface area contributed by atoms with Gasteiger partial charge in [0, 0.05) is 28.3 Å². The molecule has 2 heterocycles. The van der Waals surface area contributed by atoms with Crippen LogP contribution in [0, 0.1) is 0 Å². The van der Waals surface area contributed by atoms with E-state index in [4.69, 9.17) is 5.11 Å². The van der Waals surface area contributed by atoms with Crippen LogP contribution in [0.2, 0.25) is 0 Å². The van der Waals surface area contributed by atoms with Crippen LogP contribution < -0.4 is 5.32 Å². The number of nitrogens with one attached hydrogen (secondary N) is 2. The minimum absolute atomic E-state index is 0.428. The number of hydrogen-bond donors (Lipinski definition) is 3. The minimum Gasteiger partial charge on any atom is -0.465 e. The molecule has 0 aromatic carbocycles. The highest BCUT2D eigenvalue weighted by Gasteiger charge is 2.06. The summed E-state index contributed by atoms with van der Waals surface area (Å²) in [4.78, 5) is 14.4. The number of aromatic amines is 1. The Bertz CT molecular complexity index is 540. The lowest BCUT2D eigenvalue weighted by atomic mass is 10.2. The van der Waals surface area contributed by atoms with Crippen LogP contribution in [0.25, 0.3) is 11.0 Å². The Hall–Kier alpha value is -1.63. The van der Waals surface area contributed by atoms with Gasteiger partial charge in [0.25, 0.3) is 0 Å². The van der Waals surface area contributed by atoms with Crippen LogP contribution in [0.15, 0.2) is 16.7 Å². The van der Waals surface area contributed by atoms with Crippen LogP contribution in [0.3, 0.4) is 0 Å². The van der Waals surface area contributed by atoms with Gasteiger partial charge in [-0.15, -0.1) is 0 Å². The highest BCUT2D eigenvalue weighted by Crippen LogP contribution is 2.19. The summed E-state index contributed by atoms with van der Waals surface area (Å²) in [5, 5.41) is 18.7. The van der Waals surface area contributed by atoms with E-state index in [0.29, 0.717) is 12.2 Å². The molecule has 90 valence electrons.